The lowest BCUT2D eigenvalue weighted by Gasteiger charge is -2.07. The molecule has 0 radical (unpaired) electrons. The highest BCUT2D eigenvalue weighted by atomic mass is 16.5. The van der Waals surface area contributed by atoms with Gasteiger partial charge in [0.2, 0.25) is 0 Å². The molecule has 0 saturated heterocycles. The van der Waals surface area contributed by atoms with Crippen LogP contribution in [0.1, 0.15) is 34.8 Å². The minimum Gasteiger partial charge on any atom is -0.466 e. The van der Waals surface area contributed by atoms with Crippen LogP contribution in [0, 0.1) is 18.8 Å². The summed E-state index contributed by atoms with van der Waals surface area (Å²) in [5.74, 6) is 5.18. The largest absolute Gasteiger partial charge is 0.466 e. The van der Waals surface area contributed by atoms with E-state index in [1.54, 1.807) is 25.1 Å². The van der Waals surface area contributed by atoms with E-state index in [2.05, 4.69) is 17.2 Å². The first kappa shape index (κ1) is 16.7. The van der Waals surface area contributed by atoms with Crippen molar-refractivity contribution in [2.45, 2.75) is 20.3 Å². The van der Waals surface area contributed by atoms with Crippen molar-refractivity contribution in [3.05, 3.63) is 34.9 Å². The first-order valence-corrected chi connectivity index (χ1v) is 6.82. The number of hydrogen-bond acceptors (Lipinski definition) is 4. The van der Waals surface area contributed by atoms with Crippen LogP contribution in [0.15, 0.2) is 18.2 Å². The third kappa shape index (κ3) is 5.67. The number of benzene rings is 1. The van der Waals surface area contributed by atoms with Gasteiger partial charge in [0.1, 0.15) is 0 Å². The first-order chi connectivity index (χ1) is 10.1. The molecule has 0 unspecified atom stereocenters. The molecule has 5 heteroatoms. The third-order valence-corrected chi connectivity index (χ3v) is 2.73. The smallest absolute Gasteiger partial charge is 0.307 e. The average molecular weight is 288 g/mol. The summed E-state index contributed by atoms with van der Waals surface area (Å²) in [6.45, 7) is 4.53. The van der Waals surface area contributed by atoms with Gasteiger partial charge in [-0.25, -0.2) is 0 Å². The van der Waals surface area contributed by atoms with Crippen molar-refractivity contribution in [2.24, 2.45) is 5.73 Å². The van der Waals surface area contributed by atoms with Crippen molar-refractivity contribution in [2.75, 3.05) is 19.7 Å². The van der Waals surface area contributed by atoms with Gasteiger partial charge in [-0.05, 0) is 37.6 Å². The van der Waals surface area contributed by atoms with E-state index in [4.69, 9.17) is 10.5 Å². The fourth-order valence-corrected chi connectivity index (χ4v) is 1.70. The summed E-state index contributed by atoms with van der Waals surface area (Å²) in [6.07, 6.45) is 0.165. The molecule has 0 aliphatic heterocycles. The molecule has 0 saturated carbocycles. The lowest BCUT2D eigenvalue weighted by atomic mass is 10.0. The number of esters is 1. The van der Waals surface area contributed by atoms with Crippen LogP contribution in [0.2, 0.25) is 0 Å². The van der Waals surface area contributed by atoms with Gasteiger partial charge >= 0.3 is 5.97 Å². The van der Waals surface area contributed by atoms with Crippen molar-refractivity contribution < 1.29 is 14.3 Å². The zero-order valence-corrected chi connectivity index (χ0v) is 12.4. The molecule has 0 atom stereocenters. The topological polar surface area (TPSA) is 81.4 Å². The summed E-state index contributed by atoms with van der Waals surface area (Å²) in [7, 11) is 0. The van der Waals surface area contributed by atoms with Gasteiger partial charge in [0.25, 0.3) is 5.91 Å². The Bertz CT molecular complexity index is 571. The van der Waals surface area contributed by atoms with E-state index in [9.17, 15) is 9.59 Å². The number of nitrogens with two attached hydrogens (primary N) is 1. The zero-order chi connectivity index (χ0) is 15.7. The molecule has 5 nitrogen and oxygen atoms in total. The fraction of sp³-hybridized carbons (Fsp3) is 0.375. The Morgan fingerprint density at radius 3 is 2.76 bits per heavy atom. The van der Waals surface area contributed by atoms with Gasteiger partial charge in [-0.3, -0.25) is 9.59 Å². The Morgan fingerprint density at radius 2 is 2.14 bits per heavy atom. The molecule has 1 amide bonds. The van der Waals surface area contributed by atoms with E-state index in [0.29, 0.717) is 18.7 Å². The summed E-state index contributed by atoms with van der Waals surface area (Å²) >= 11 is 0. The molecule has 1 aromatic rings. The second kappa shape index (κ2) is 8.77. The molecule has 21 heavy (non-hydrogen) atoms. The van der Waals surface area contributed by atoms with Gasteiger partial charge in [-0.2, -0.15) is 0 Å². The monoisotopic (exact) mass is 288 g/mol. The minimum absolute atomic E-state index is 0.165. The molecule has 0 spiro atoms. The molecule has 0 aromatic heterocycles. The number of rotatable bonds is 5. The molecule has 0 bridgehead atoms. The van der Waals surface area contributed by atoms with Crippen LogP contribution in [-0.4, -0.2) is 31.6 Å². The predicted molar refractivity (Wildman–Crippen MR) is 80.7 cm³/mol. The Kier molecular flexibility index (Phi) is 6.99. The van der Waals surface area contributed by atoms with Gasteiger partial charge in [0.15, 0.2) is 0 Å². The molecule has 0 aliphatic rings. The van der Waals surface area contributed by atoms with Crippen molar-refractivity contribution in [3.8, 4) is 11.8 Å². The molecule has 0 aliphatic carbocycles. The number of amides is 1. The lowest BCUT2D eigenvalue weighted by Crippen LogP contribution is -2.26. The average Bonchev–Trinajstić information content (AvgIpc) is 2.46. The van der Waals surface area contributed by atoms with E-state index in [0.717, 1.165) is 11.1 Å². The molecule has 1 rings (SSSR count). The minimum atomic E-state index is -0.318. The highest BCUT2D eigenvalue weighted by Crippen LogP contribution is 2.10. The first-order valence-electron chi connectivity index (χ1n) is 6.82. The van der Waals surface area contributed by atoms with Crippen molar-refractivity contribution in [1.82, 2.24) is 5.32 Å². The predicted octanol–water partition coefficient (Wildman–Crippen LogP) is 0.988. The quantitative estimate of drug-likeness (QED) is 0.625. The second-order valence-corrected chi connectivity index (χ2v) is 4.35. The zero-order valence-electron chi connectivity index (χ0n) is 12.4. The van der Waals surface area contributed by atoms with Gasteiger partial charge in [0.05, 0.1) is 19.6 Å². The Hall–Kier alpha value is -2.32. The van der Waals surface area contributed by atoms with Crippen LogP contribution < -0.4 is 11.1 Å². The maximum Gasteiger partial charge on any atom is 0.307 e. The standard InChI is InChI=1S/C16H20N2O3/c1-3-21-15(19)8-10-18-16(20)14-7-6-13(5-4-9-17)12(2)11-14/h6-7,11H,3,8-10,17H2,1-2H3,(H,18,20). The summed E-state index contributed by atoms with van der Waals surface area (Å²) < 4.78 is 4.79. The number of carbonyl (C=O) groups is 2. The maximum absolute atomic E-state index is 11.9. The Morgan fingerprint density at radius 1 is 1.38 bits per heavy atom. The van der Waals surface area contributed by atoms with Gasteiger partial charge in [0, 0.05) is 17.7 Å². The lowest BCUT2D eigenvalue weighted by molar-refractivity contribution is -0.142. The van der Waals surface area contributed by atoms with E-state index in [1.807, 2.05) is 6.92 Å². The van der Waals surface area contributed by atoms with Crippen molar-refractivity contribution >= 4 is 11.9 Å². The Balaban J connectivity index is 2.59. The van der Waals surface area contributed by atoms with Crippen molar-refractivity contribution in [1.29, 1.82) is 0 Å². The third-order valence-electron chi connectivity index (χ3n) is 2.73. The molecular formula is C16H20N2O3. The maximum atomic E-state index is 11.9. The highest BCUT2D eigenvalue weighted by Gasteiger charge is 2.08. The van der Waals surface area contributed by atoms with Crippen LogP contribution in [0.5, 0.6) is 0 Å². The van der Waals surface area contributed by atoms with Gasteiger partial charge < -0.3 is 15.8 Å². The van der Waals surface area contributed by atoms with E-state index in [1.165, 1.54) is 0 Å². The number of hydrogen-bond donors (Lipinski definition) is 2. The molecule has 112 valence electrons. The van der Waals surface area contributed by atoms with E-state index < -0.39 is 0 Å². The van der Waals surface area contributed by atoms with E-state index >= 15 is 0 Å². The molecule has 1 aromatic carbocycles. The molecule has 3 N–H and O–H groups in total. The second-order valence-electron chi connectivity index (χ2n) is 4.35. The number of ether oxygens (including phenoxy) is 1. The normalized spacial score (nSPS) is 9.48. The summed E-state index contributed by atoms with van der Waals surface area (Å²) in [5.41, 5.74) is 7.63. The van der Waals surface area contributed by atoms with E-state index in [-0.39, 0.29) is 24.8 Å². The van der Waals surface area contributed by atoms with Crippen LogP contribution in [-0.2, 0) is 9.53 Å². The number of nitrogens with one attached hydrogen (secondary N) is 1. The summed E-state index contributed by atoms with van der Waals surface area (Å²) in [5, 5.41) is 2.68. The van der Waals surface area contributed by atoms with Crippen LogP contribution in [0.4, 0.5) is 0 Å². The Labute approximate surface area is 124 Å². The molecule has 0 fully saturated rings. The number of aryl methyl sites for hydroxylation is 1. The van der Waals surface area contributed by atoms with Gasteiger partial charge in [-0.15, -0.1) is 0 Å². The molecular weight excluding hydrogens is 268 g/mol. The summed E-state index contributed by atoms with van der Waals surface area (Å²) in [4.78, 5) is 23.1. The number of carbonyl (C=O) groups excluding carboxylic acids is 2. The fourth-order valence-electron chi connectivity index (χ4n) is 1.70. The summed E-state index contributed by atoms with van der Waals surface area (Å²) in [6, 6.07) is 5.26. The SMILES string of the molecule is CCOC(=O)CCNC(=O)c1ccc(C#CCN)c(C)c1. The van der Waals surface area contributed by atoms with Gasteiger partial charge in [-0.1, -0.05) is 11.8 Å². The highest BCUT2D eigenvalue weighted by molar-refractivity contribution is 5.94. The molecule has 0 heterocycles. The van der Waals surface area contributed by atoms with Crippen LogP contribution >= 0.6 is 0 Å². The van der Waals surface area contributed by atoms with Crippen LogP contribution in [0.25, 0.3) is 0 Å². The van der Waals surface area contributed by atoms with Crippen LogP contribution in [0.3, 0.4) is 0 Å². The van der Waals surface area contributed by atoms with Crippen molar-refractivity contribution in [3.63, 3.8) is 0 Å².